The van der Waals surface area contributed by atoms with E-state index in [9.17, 15) is 4.39 Å². The number of nitrogens with zero attached hydrogens (tertiary/aromatic N) is 1. The number of aryl methyl sites for hydroxylation is 2. The molecule has 0 saturated heterocycles. The summed E-state index contributed by atoms with van der Waals surface area (Å²) in [5.74, 6) is 0.775. The van der Waals surface area contributed by atoms with Crippen molar-refractivity contribution in [2.45, 2.75) is 32.3 Å². The molecule has 3 N–H and O–H groups in total. The van der Waals surface area contributed by atoms with Crippen LogP contribution in [-0.2, 0) is 30.6 Å². The first kappa shape index (κ1) is 16.8. The lowest BCUT2D eigenvalue weighted by Crippen LogP contribution is -2.23. The third kappa shape index (κ3) is 3.65. The molecule has 5 nitrogen and oxygen atoms in total. The number of benzene rings is 2. The molecule has 0 amide bonds. The lowest BCUT2D eigenvalue weighted by atomic mass is 10.1. The first-order valence-corrected chi connectivity index (χ1v) is 8.89. The average molecular weight is 355 g/mol. The standard InChI is InChI=1S/C20H22FN3O2/c21-17-8-15(19-16(9-17)11-25-12-26-19)6-7-23-20(22)24-18-5-4-13-2-1-3-14(13)10-18/h4-5,8-10H,1-3,6-7,11-12H2,(H3,22,23,24). The number of anilines is 1. The summed E-state index contributed by atoms with van der Waals surface area (Å²) in [4.78, 5) is 4.36. The number of fused-ring (bicyclic) bond motifs is 2. The summed E-state index contributed by atoms with van der Waals surface area (Å²) in [6.45, 7) is 1.01. The lowest BCUT2D eigenvalue weighted by Gasteiger charge is -2.20. The fraction of sp³-hybridized carbons (Fsp3) is 0.350. The van der Waals surface area contributed by atoms with Crippen molar-refractivity contribution in [3.05, 3.63) is 58.4 Å². The zero-order valence-electron chi connectivity index (χ0n) is 14.6. The zero-order chi connectivity index (χ0) is 17.9. The molecule has 1 aliphatic heterocycles. The van der Waals surface area contributed by atoms with E-state index in [2.05, 4.69) is 22.4 Å². The van der Waals surface area contributed by atoms with Crippen LogP contribution in [0.25, 0.3) is 0 Å². The smallest absolute Gasteiger partial charge is 0.193 e. The third-order valence-electron chi connectivity index (χ3n) is 4.79. The van der Waals surface area contributed by atoms with Crippen molar-refractivity contribution >= 4 is 11.6 Å². The number of aliphatic imine (C=N–C) groups is 1. The SMILES string of the molecule is NC(=NCCc1cc(F)cc2c1OCOC2)Nc1ccc2c(c1)CCC2. The van der Waals surface area contributed by atoms with Gasteiger partial charge in [-0.05, 0) is 66.6 Å². The monoisotopic (exact) mass is 355 g/mol. The highest BCUT2D eigenvalue weighted by molar-refractivity contribution is 5.92. The highest BCUT2D eigenvalue weighted by Crippen LogP contribution is 2.30. The van der Waals surface area contributed by atoms with Gasteiger partial charge in [0.2, 0.25) is 0 Å². The van der Waals surface area contributed by atoms with Gasteiger partial charge in [-0.25, -0.2) is 4.39 Å². The van der Waals surface area contributed by atoms with Gasteiger partial charge in [0.05, 0.1) is 6.61 Å². The van der Waals surface area contributed by atoms with Crippen LogP contribution in [0.1, 0.15) is 28.7 Å². The summed E-state index contributed by atoms with van der Waals surface area (Å²) in [6, 6.07) is 9.26. The Morgan fingerprint density at radius 1 is 1.15 bits per heavy atom. The summed E-state index contributed by atoms with van der Waals surface area (Å²) < 4.78 is 24.5. The van der Waals surface area contributed by atoms with Crippen LogP contribution in [0.5, 0.6) is 5.75 Å². The number of nitrogens with one attached hydrogen (secondary N) is 1. The predicted octanol–water partition coefficient (Wildman–Crippen LogP) is 3.15. The minimum Gasteiger partial charge on any atom is -0.467 e. The molecule has 0 fully saturated rings. The maximum Gasteiger partial charge on any atom is 0.193 e. The van der Waals surface area contributed by atoms with Crippen LogP contribution in [0.2, 0.25) is 0 Å². The van der Waals surface area contributed by atoms with Gasteiger partial charge >= 0.3 is 0 Å². The summed E-state index contributed by atoms with van der Waals surface area (Å²) in [6.07, 6.45) is 4.04. The maximum absolute atomic E-state index is 13.8. The summed E-state index contributed by atoms with van der Waals surface area (Å²) >= 11 is 0. The maximum atomic E-state index is 13.8. The molecule has 4 rings (SSSR count). The Bertz CT molecular complexity index is 851. The zero-order valence-corrected chi connectivity index (χ0v) is 14.6. The molecule has 2 aromatic rings. The Morgan fingerprint density at radius 2 is 2.04 bits per heavy atom. The normalized spacial score (nSPS) is 16.0. The van der Waals surface area contributed by atoms with Crippen LogP contribution in [0.4, 0.5) is 10.1 Å². The molecule has 136 valence electrons. The largest absolute Gasteiger partial charge is 0.467 e. The Kier molecular flexibility index (Phi) is 4.75. The number of rotatable bonds is 4. The first-order chi connectivity index (χ1) is 12.7. The van der Waals surface area contributed by atoms with Gasteiger partial charge in [-0.3, -0.25) is 4.99 Å². The van der Waals surface area contributed by atoms with E-state index in [0.29, 0.717) is 31.3 Å². The summed E-state index contributed by atoms with van der Waals surface area (Å²) in [5.41, 5.74) is 11.3. The first-order valence-electron chi connectivity index (χ1n) is 8.89. The molecular weight excluding hydrogens is 333 g/mol. The van der Waals surface area contributed by atoms with E-state index in [-0.39, 0.29) is 12.6 Å². The molecule has 0 aromatic heterocycles. The number of guanidine groups is 1. The van der Waals surface area contributed by atoms with Crippen LogP contribution < -0.4 is 15.8 Å². The van der Waals surface area contributed by atoms with Crippen LogP contribution in [-0.4, -0.2) is 19.3 Å². The van der Waals surface area contributed by atoms with E-state index in [1.165, 1.54) is 29.7 Å². The quantitative estimate of drug-likeness (QED) is 0.653. The van der Waals surface area contributed by atoms with Gasteiger partial charge < -0.3 is 20.5 Å². The molecular formula is C20H22FN3O2. The molecule has 2 aromatic carbocycles. The van der Waals surface area contributed by atoms with E-state index in [1.807, 2.05) is 6.07 Å². The van der Waals surface area contributed by atoms with Crippen LogP contribution in [0.15, 0.2) is 35.3 Å². The van der Waals surface area contributed by atoms with Crippen molar-refractivity contribution in [2.24, 2.45) is 10.7 Å². The molecule has 0 radical (unpaired) electrons. The number of hydrogen-bond acceptors (Lipinski definition) is 3. The van der Waals surface area contributed by atoms with Crippen LogP contribution in [0.3, 0.4) is 0 Å². The van der Waals surface area contributed by atoms with Crippen LogP contribution >= 0.6 is 0 Å². The van der Waals surface area contributed by atoms with Crippen molar-refractivity contribution in [2.75, 3.05) is 18.7 Å². The topological polar surface area (TPSA) is 68.9 Å². The molecule has 0 bridgehead atoms. The summed E-state index contributed by atoms with van der Waals surface area (Å²) in [5, 5.41) is 3.13. The third-order valence-corrected chi connectivity index (χ3v) is 4.79. The lowest BCUT2D eigenvalue weighted by molar-refractivity contribution is -0.0172. The fourth-order valence-electron chi connectivity index (χ4n) is 3.58. The van der Waals surface area contributed by atoms with Gasteiger partial charge in [0.15, 0.2) is 12.8 Å². The van der Waals surface area contributed by atoms with E-state index in [4.69, 9.17) is 15.2 Å². The molecule has 1 heterocycles. The Hall–Kier alpha value is -2.60. The number of nitrogens with two attached hydrogens (primary N) is 1. The van der Waals surface area contributed by atoms with Crippen molar-refractivity contribution in [3.63, 3.8) is 0 Å². The van der Waals surface area contributed by atoms with Crippen molar-refractivity contribution in [3.8, 4) is 5.75 Å². The number of hydrogen-bond donors (Lipinski definition) is 2. The minimum atomic E-state index is -0.291. The van der Waals surface area contributed by atoms with E-state index in [0.717, 1.165) is 29.7 Å². The molecule has 6 heteroatoms. The van der Waals surface area contributed by atoms with Gasteiger partial charge in [0.1, 0.15) is 11.6 Å². The predicted molar refractivity (Wildman–Crippen MR) is 99.0 cm³/mol. The van der Waals surface area contributed by atoms with E-state index >= 15 is 0 Å². The second kappa shape index (κ2) is 7.33. The van der Waals surface area contributed by atoms with Crippen LogP contribution in [0, 0.1) is 5.82 Å². The molecule has 0 saturated carbocycles. The van der Waals surface area contributed by atoms with E-state index < -0.39 is 0 Å². The van der Waals surface area contributed by atoms with Gasteiger partial charge in [-0.2, -0.15) is 0 Å². The second-order valence-electron chi connectivity index (χ2n) is 6.64. The fourth-order valence-corrected chi connectivity index (χ4v) is 3.58. The number of ether oxygens (including phenoxy) is 2. The van der Waals surface area contributed by atoms with Crippen molar-refractivity contribution in [1.29, 1.82) is 0 Å². The molecule has 0 spiro atoms. The molecule has 0 atom stereocenters. The Labute approximate surface area is 152 Å². The average Bonchev–Trinajstić information content (AvgIpc) is 3.09. The Morgan fingerprint density at radius 3 is 2.96 bits per heavy atom. The van der Waals surface area contributed by atoms with Gasteiger partial charge in [-0.1, -0.05) is 6.07 Å². The van der Waals surface area contributed by atoms with Crippen molar-refractivity contribution < 1.29 is 13.9 Å². The van der Waals surface area contributed by atoms with Gasteiger partial charge in [0.25, 0.3) is 0 Å². The second-order valence-corrected chi connectivity index (χ2v) is 6.64. The van der Waals surface area contributed by atoms with E-state index in [1.54, 1.807) is 0 Å². The molecule has 2 aliphatic rings. The van der Waals surface area contributed by atoms with Gasteiger partial charge in [0, 0.05) is 17.8 Å². The molecule has 1 aliphatic carbocycles. The number of halogens is 1. The summed E-state index contributed by atoms with van der Waals surface area (Å²) in [7, 11) is 0. The molecule has 0 unspecified atom stereocenters. The molecule has 26 heavy (non-hydrogen) atoms. The minimum absolute atomic E-state index is 0.191. The van der Waals surface area contributed by atoms with Crippen molar-refractivity contribution in [1.82, 2.24) is 0 Å². The highest BCUT2D eigenvalue weighted by atomic mass is 19.1. The van der Waals surface area contributed by atoms with Gasteiger partial charge in [-0.15, -0.1) is 0 Å². The Balaban J connectivity index is 1.40. The highest BCUT2D eigenvalue weighted by Gasteiger charge is 2.16.